The topological polar surface area (TPSA) is 65.4 Å². The first-order valence-electron chi connectivity index (χ1n) is 12.8. The number of hydrogen-bond acceptors (Lipinski definition) is 4. The number of carbonyl (C=O) groups excluding carboxylic acids is 1. The van der Waals surface area contributed by atoms with Crippen LogP contribution in [0, 0.1) is 5.92 Å². The van der Waals surface area contributed by atoms with Crippen LogP contribution in [0.3, 0.4) is 0 Å². The van der Waals surface area contributed by atoms with Crippen molar-refractivity contribution in [2.75, 3.05) is 14.2 Å². The number of imidazole rings is 1. The highest BCUT2D eigenvalue weighted by molar-refractivity contribution is 6.33. The zero-order chi connectivity index (χ0) is 24.4. The number of rotatable bonds is 7. The Hall–Kier alpha value is -2.73. The third kappa shape index (κ3) is 4.37. The Bertz CT molecular complexity index is 1200. The molecule has 1 unspecified atom stereocenters. The second-order valence-corrected chi connectivity index (χ2v) is 10.4. The Kier molecular flexibility index (Phi) is 6.92. The maximum atomic E-state index is 14.2. The summed E-state index contributed by atoms with van der Waals surface area (Å²) < 4.78 is 13.1. The first-order valence-corrected chi connectivity index (χ1v) is 13.1. The molecule has 186 valence electrons. The van der Waals surface area contributed by atoms with Crippen molar-refractivity contribution in [1.29, 1.82) is 0 Å². The number of alkyl halides is 1. The van der Waals surface area contributed by atoms with Crippen molar-refractivity contribution >= 4 is 28.5 Å². The molecule has 1 aromatic heterocycles. The summed E-state index contributed by atoms with van der Waals surface area (Å²) in [7, 11) is 3.26. The van der Waals surface area contributed by atoms with Gasteiger partial charge in [-0.3, -0.25) is 9.36 Å². The minimum atomic E-state index is -1.29. The summed E-state index contributed by atoms with van der Waals surface area (Å²) in [6.45, 7) is 0. The standard InChI is InChI=1S/C28H34ClN3O3/c1-34-21-16-17-22(25(18-21)35-2)26-31-23-14-8-9-15-24(23)32(26)28(29,19-10-6-7-11-19)27(33)30-20-12-4-3-5-13-20/h8-9,14-20H,3-7,10-13H2,1-2H3,(H,30,33). The maximum Gasteiger partial charge on any atom is 0.262 e. The Morgan fingerprint density at radius 2 is 1.71 bits per heavy atom. The molecule has 1 atom stereocenters. The summed E-state index contributed by atoms with van der Waals surface area (Å²) in [5.41, 5.74) is 2.42. The molecular weight excluding hydrogens is 462 g/mol. The third-order valence-electron chi connectivity index (χ3n) is 7.69. The molecule has 0 saturated heterocycles. The van der Waals surface area contributed by atoms with Crippen LogP contribution < -0.4 is 14.8 Å². The van der Waals surface area contributed by atoms with E-state index in [4.69, 9.17) is 26.1 Å². The van der Waals surface area contributed by atoms with Gasteiger partial charge in [-0.1, -0.05) is 55.8 Å². The number of para-hydroxylation sites is 2. The number of amides is 1. The van der Waals surface area contributed by atoms with Crippen LogP contribution in [0.25, 0.3) is 22.4 Å². The molecule has 2 aromatic carbocycles. The number of ether oxygens (including phenoxy) is 2. The summed E-state index contributed by atoms with van der Waals surface area (Å²) in [5, 5.41) is 3.34. The van der Waals surface area contributed by atoms with Crippen molar-refractivity contribution in [3.8, 4) is 22.9 Å². The number of nitrogens with zero attached hydrogens (tertiary/aromatic N) is 2. The lowest BCUT2D eigenvalue weighted by Crippen LogP contribution is -2.52. The van der Waals surface area contributed by atoms with Gasteiger partial charge in [0.05, 0.1) is 30.8 Å². The number of hydrogen-bond donors (Lipinski definition) is 1. The molecule has 1 N–H and O–H groups in total. The Balaban J connectivity index is 1.70. The van der Waals surface area contributed by atoms with Gasteiger partial charge in [-0.2, -0.15) is 0 Å². The van der Waals surface area contributed by atoms with Crippen molar-refractivity contribution in [1.82, 2.24) is 14.9 Å². The molecule has 6 nitrogen and oxygen atoms in total. The fraction of sp³-hybridized carbons (Fsp3) is 0.500. The van der Waals surface area contributed by atoms with Crippen LogP contribution in [-0.2, 0) is 9.79 Å². The lowest BCUT2D eigenvalue weighted by molar-refractivity contribution is -0.128. The van der Waals surface area contributed by atoms with Crippen molar-refractivity contribution in [3.63, 3.8) is 0 Å². The molecule has 5 rings (SSSR count). The largest absolute Gasteiger partial charge is 0.497 e. The molecule has 2 aliphatic carbocycles. The molecular formula is C28H34ClN3O3. The van der Waals surface area contributed by atoms with Gasteiger partial charge < -0.3 is 14.8 Å². The summed E-state index contributed by atoms with van der Waals surface area (Å²) in [5.74, 6) is 1.84. The number of methoxy groups -OCH3 is 2. The molecule has 1 amide bonds. The molecule has 0 radical (unpaired) electrons. The summed E-state index contributed by atoms with van der Waals surface area (Å²) in [6.07, 6.45) is 9.50. The SMILES string of the molecule is COc1ccc(-c2nc3ccccc3n2C(Cl)(C(=O)NC2CCCCC2)C2CCCC2)c(OC)c1. The number of fused-ring (bicyclic) bond motifs is 1. The van der Waals surface area contributed by atoms with Crippen LogP contribution in [0.4, 0.5) is 0 Å². The minimum absolute atomic E-state index is 0.00774. The van der Waals surface area contributed by atoms with E-state index < -0.39 is 5.00 Å². The van der Waals surface area contributed by atoms with Gasteiger partial charge in [0, 0.05) is 18.0 Å². The van der Waals surface area contributed by atoms with Crippen LogP contribution in [0.5, 0.6) is 11.5 Å². The average molecular weight is 496 g/mol. The highest BCUT2D eigenvalue weighted by atomic mass is 35.5. The molecule has 1 heterocycles. The summed E-state index contributed by atoms with van der Waals surface area (Å²) in [4.78, 5) is 17.9. The van der Waals surface area contributed by atoms with E-state index >= 15 is 0 Å². The van der Waals surface area contributed by atoms with Crippen LogP contribution in [0.15, 0.2) is 42.5 Å². The molecule has 2 fully saturated rings. The molecule has 3 aromatic rings. The predicted molar refractivity (Wildman–Crippen MR) is 139 cm³/mol. The zero-order valence-corrected chi connectivity index (χ0v) is 21.3. The van der Waals surface area contributed by atoms with E-state index in [0.29, 0.717) is 17.3 Å². The number of benzene rings is 2. The second kappa shape index (κ2) is 10.1. The molecule has 0 bridgehead atoms. The van der Waals surface area contributed by atoms with E-state index in [1.165, 1.54) is 6.42 Å². The van der Waals surface area contributed by atoms with E-state index in [0.717, 1.165) is 68.0 Å². The number of aromatic nitrogens is 2. The first kappa shape index (κ1) is 24.0. The fourth-order valence-electron chi connectivity index (χ4n) is 5.83. The highest BCUT2D eigenvalue weighted by Gasteiger charge is 2.49. The Morgan fingerprint density at radius 3 is 2.43 bits per heavy atom. The van der Waals surface area contributed by atoms with Gasteiger partial charge in [0.25, 0.3) is 5.91 Å². The number of nitrogens with one attached hydrogen (secondary N) is 1. The lowest BCUT2D eigenvalue weighted by atomic mass is 9.92. The quantitative estimate of drug-likeness (QED) is 0.393. The number of carbonyl (C=O) groups is 1. The van der Waals surface area contributed by atoms with E-state index in [1.54, 1.807) is 14.2 Å². The third-order valence-corrected chi connectivity index (χ3v) is 8.34. The Labute approximate surface area is 212 Å². The smallest absolute Gasteiger partial charge is 0.262 e. The maximum absolute atomic E-state index is 14.2. The molecule has 2 aliphatic rings. The average Bonchev–Trinajstić information content (AvgIpc) is 3.57. The van der Waals surface area contributed by atoms with Gasteiger partial charge >= 0.3 is 0 Å². The van der Waals surface area contributed by atoms with E-state index in [1.807, 2.05) is 47.0 Å². The Morgan fingerprint density at radius 1 is 1.00 bits per heavy atom. The van der Waals surface area contributed by atoms with Gasteiger partial charge in [0.15, 0.2) is 0 Å². The van der Waals surface area contributed by atoms with Gasteiger partial charge in [0.2, 0.25) is 5.00 Å². The zero-order valence-electron chi connectivity index (χ0n) is 20.6. The minimum Gasteiger partial charge on any atom is -0.497 e. The van der Waals surface area contributed by atoms with Gasteiger partial charge in [-0.05, 0) is 49.9 Å². The van der Waals surface area contributed by atoms with Crippen molar-refractivity contribution in [2.24, 2.45) is 5.92 Å². The van der Waals surface area contributed by atoms with Gasteiger partial charge in [0.1, 0.15) is 17.3 Å². The van der Waals surface area contributed by atoms with Crippen LogP contribution in [-0.4, -0.2) is 35.7 Å². The van der Waals surface area contributed by atoms with Crippen LogP contribution in [0.1, 0.15) is 57.8 Å². The van der Waals surface area contributed by atoms with E-state index in [9.17, 15) is 4.79 Å². The highest BCUT2D eigenvalue weighted by Crippen LogP contribution is 2.47. The molecule has 7 heteroatoms. The predicted octanol–water partition coefficient (Wildman–Crippen LogP) is 6.25. The second-order valence-electron chi connectivity index (χ2n) is 9.79. The van der Waals surface area contributed by atoms with Crippen LogP contribution in [0.2, 0.25) is 0 Å². The van der Waals surface area contributed by atoms with Crippen molar-refractivity contribution < 1.29 is 14.3 Å². The monoisotopic (exact) mass is 495 g/mol. The van der Waals surface area contributed by atoms with E-state index in [-0.39, 0.29) is 17.9 Å². The summed E-state index contributed by atoms with van der Waals surface area (Å²) >= 11 is 7.62. The van der Waals surface area contributed by atoms with Crippen molar-refractivity contribution in [3.05, 3.63) is 42.5 Å². The molecule has 0 spiro atoms. The van der Waals surface area contributed by atoms with Gasteiger partial charge in [-0.15, -0.1) is 0 Å². The van der Waals surface area contributed by atoms with Gasteiger partial charge in [-0.25, -0.2) is 4.98 Å². The number of halogens is 1. The fourth-order valence-corrected chi connectivity index (χ4v) is 6.27. The lowest BCUT2D eigenvalue weighted by Gasteiger charge is -2.37. The van der Waals surface area contributed by atoms with Crippen LogP contribution >= 0.6 is 11.6 Å². The summed E-state index contributed by atoms with van der Waals surface area (Å²) in [6, 6.07) is 13.7. The molecule has 2 saturated carbocycles. The molecule has 35 heavy (non-hydrogen) atoms. The molecule has 0 aliphatic heterocycles. The first-order chi connectivity index (χ1) is 17.1. The normalized spacial score (nSPS) is 18.9. The van der Waals surface area contributed by atoms with E-state index in [2.05, 4.69) is 5.32 Å². The van der Waals surface area contributed by atoms with Crippen molar-refractivity contribution in [2.45, 2.75) is 68.8 Å².